The highest BCUT2D eigenvalue weighted by molar-refractivity contribution is 6.51. The third kappa shape index (κ3) is 7.36. The van der Waals surface area contributed by atoms with Crippen molar-refractivity contribution in [2.24, 2.45) is 23.7 Å². The van der Waals surface area contributed by atoms with Crippen LogP contribution in [0.5, 0.6) is 0 Å². The zero-order valence-electron chi connectivity index (χ0n) is 21.1. The van der Waals surface area contributed by atoms with Gasteiger partial charge in [0.25, 0.3) is 0 Å². The van der Waals surface area contributed by atoms with Gasteiger partial charge in [0, 0.05) is 0 Å². The van der Waals surface area contributed by atoms with Gasteiger partial charge in [-0.1, -0.05) is 81.4 Å². The lowest BCUT2D eigenvalue weighted by Crippen LogP contribution is -2.41. The molecule has 0 N–H and O–H groups in total. The van der Waals surface area contributed by atoms with Crippen molar-refractivity contribution < 1.29 is 9.31 Å². The molecule has 0 spiro atoms. The van der Waals surface area contributed by atoms with Gasteiger partial charge in [-0.05, 0) is 83.5 Å². The molecule has 3 heteroatoms. The smallest absolute Gasteiger partial charge is 0.400 e. The minimum Gasteiger partial charge on any atom is -0.400 e. The molecule has 0 bridgehead atoms. The molecule has 0 aromatic rings. The van der Waals surface area contributed by atoms with Gasteiger partial charge in [0.2, 0.25) is 0 Å². The van der Waals surface area contributed by atoms with Crippen LogP contribution >= 0.6 is 0 Å². The molecule has 0 aromatic heterocycles. The summed E-state index contributed by atoms with van der Waals surface area (Å²) in [6.07, 6.45) is 21.4. The maximum absolute atomic E-state index is 6.13. The van der Waals surface area contributed by atoms with Crippen molar-refractivity contribution >= 4 is 7.12 Å². The Morgan fingerprint density at radius 2 is 1.81 bits per heavy atom. The van der Waals surface area contributed by atoms with Gasteiger partial charge in [0.1, 0.15) is 0 Å². The fourth-order valence-electron chi connectivity index (χ4n) is 4.58. The summed E-state index contributed by atoms with van der Waals surface area (Å²) in [6.45, 7) is 19.1. The van der Waals surface area contributed by atoms with Gasteiger partial charge >= 0.3 is 7.12 Å². The summed E-state index contributed by atoms with van der Waals surface area (Å²) in [4.78, 5) is 0. The first-order chi connectivity index (χ1) is 14.6. The van der Waals surface area contributed by atoms with E-state index >= 15 is 0 Å². The molecule has 1 unspecified atom stereocenters. The summed E-state index contributed by atoms with van der Waals surface area (Å²) in [5, 5.41) is 0. The molecule has 0 amide bonds. The SMILES string of the molecule is C=C/C=C\C/C=C1\C[C@@H](/C=C\CC(/C=C/B2OC(C)(C)C(C)(C)O2)CC(C)C)[C@H]1CC. The average Bonchev–Trinajstić information content (AvgIpc) is 2.87. The summed E-state index contributed by atoms with van der Waals surface area (Å²) in [7, 11) is -0.248. The van der Waals surface area contributed by atoms with Crippen molar-refractivity contribution in [1.82, 2.24) is 0 Å². The monoisotopic (exact) mass is 424 g/mol. The van der Waals surface area contributed by atoms with Crippen LogP contribution < -0.4 is 0 Å². The van der Waals surface area contributed by atoms with Crippen LogP contribution in [0.4, 0.5) is 0 Å². The standard InChI is InChI=1S/C28H45BO2/c1-9-11-12-13-16-24-21-25(26(24)10-2)17-14-15-23(20-22(3)4)18-19-29-30-27(5,6)28(7,8)31-29/h9,11-12,14,16-19,22-23,25-26H,1,10,13,15,20-21H2,2-8H3/b12-11-,17-14-,19-18+,24-16+/t23?,25-,26+/m1/s1. The van der Waals surface area contributed by atoms with Crippen LogP contribution in [0.15, 0.2) is 60.7 Å². The predicted octanol–water partition coefficient (Wildman–Crippen LogP) is 7.89. The zero-order valence-corrected chi connectivity index (χ0v) is 21.1. The molecule has 1 saturated heterocycles. The quantitative estimate of drug-likeness (QED) is 0.191. The summed E-state index contributed by atoms with van der Waals surface area (Å²) < 4.78 is 12.3. The highest BCUT2D eigenvalue weighted by Crippen LogP contribution is 2.43. The largest absolute Gasteiger partial charge is 0.486 e. The Bertz CT molecular complexity index is 680. The molecule has 1 aliphatic heterocycles. The van der Waals surface area contributed by atoms with E-state index in [4.69, 9.17) is 9.31 Å². The molecule has 0 aromatic carbocycles. The molecule has 2 fully saturated rings. The Balaban J connectivity index is 1.91. The predicted molar refractivity (Wildman–Crippen MR) is 136 cm³/mol. The first-order valence-corrected chi connectivity index (χ1v) is 12.3. The molecule has 31 heavy (non-hydrogen) atoms. The van der Waals surface area contributed by atoms with Crippen molar-refractivity contribution in [2.45, 2.75) is 91.8 Å². The van der Waals surface area contributed by atoms with Crippen LogP contribution in [0, 0.1) is 23.7 Å². The lowest BCUT2D eigenvalue weighted by Gasteiger charge is -2.38. The van der Waals surface area contributed by atoms with Crippen LogP contribution in [0.3, 0.4) is 0 Å². The van der Waals surface area contributed by atoms with Crippen molar-refractivity contribution in [3.8, 4) is 0 Å². The molecule has 2 aliphatic rings. The third-order valence-electron chi connectivity index (χ3n) is 7.10. The van der Waals surface area contributed by atoms with E-state index in [2.05, 4.69) is 91.4 Å². The Kier molecular flexibility index (Phi) is 9.64. The second-order valence-corrected chi connectivity index (χ2v) is 10.6. The van der Waals surface area contributed by atoms with Crippen LogP contribution in [0.1, 0.15) is 80.6 Å². The van der Waals surface area contributed by atoms with E-state index in [1.165, 1.54) is 19.3 Å². The van der Waals surface area contributed by atoms with Gasteiger partial charge in [-0.2, -0.15) is 0 Å². The molecule has 172 valence electrons. The Labute approximate surface area is 192 Å². The zero-order chi connectivity index (χ0) is 23.1. The maximum atomic E-state index is 6.13. The minimum atomic E-state index is -0.276. The maximum Gasteiger partial charge on any atom is 0.486 e. The number of hydrogen-bond acceptors (Lipinski definition) is 2. The van der Waals surface area contributed by atoms with Gasteiger partial charge in [-0.25, -0.2) is 0 Å². The topological polar surface area (TPSA) is 18.5 Å². The molecule has 1 saturated carbocycles. The molecular weight excluding hydrogens is 379 g/mol. The molecular formula is C28H45BO2. The van der Waals surface area contributed by atoms with Crippen molar-refractivity contribution in [1.29, 1.82) is 0 Å². The molecule has 2 nitrogen and oxygen atoms in total. The van der Waals surface area contributed by atoms with Gasteiger partial charge in [-0.3, -0.25) is 0 Å². The fraction of sp³-hybridized carbons (Fsp3) is 0.643. The van der Waals surface area contributed by atoms with Gasteiger partial charge in [0.15, 0.2) is 0 Å². The minimum absolute atomic E-state index is 0.248. The van der Waals surface area contributed by atoms with Gasteiger partial charge < -0.3 is 9.31 Å². The van der Waals surface area contributed by atoms with Gasteiger partial charge in [0.05, 0.1) is 11.2 Å². The van der Waals surface area contributed by atoms with Crippen LogP contribution in [-0.4, -0.2) is 18.3 Å². The van der Waals surface area contributed by atoms with Crippen LogP contribution in [0.25, 0.3) is 0 Å². The summed E-state index contributed by atoms with van der Waals surface area (Å²) >= 11 is 0. The average molecular weight is 424 g/mol. The van der Waals surface area contributed by atoms with E-state index < -0.39 is 0 Å². The molecule has 2 rings (SSSR count). The lowest BCUT2D eigenvalue weighted by atomic mass is 9.67. The molecule has 0 radical (unpaired) electrons. The molecule has 1 heterocycles. The highest BCUT2D eigenvalue weighted by Gasteiger charge is 2.50. The van der Waals surface area contributed by atoms with Crippen LogP contribution in [-0.2, 0) is 9.31 Å². The number of allylic oxidation sites excluding steroid dienone is 8. The lowest BCUT2D eigenvalue weighted by molar-refractivity contribution is 0.00578. The molecule has 1 aliphatic carbocycles. The number of rotatable bonds is 11. The Hall–Kier alpha value is -1.32. The van der Waals surface area contributed by atoms with E-state index in [-0.39, 0.29) is 18.3 Å². The Morgan fingerprint density at radius 3 is 2.39 bits per heavy atom. The highest BCUT2D eigenvalue weighted by atomic mass is 16.7. The fourth-order valence-corrected chi connectivity index (χ4v) is 4.58. The van der Waals surface area contributed by atoms with Gasteiger partial charge in [-0.15, -0.1) is 0 Å². The van der Waals surface area contributed by atoms with E-state index in [0.29, 0.717) is 17.8 Å². The third-order valence-corrected chi connectivity index (χ3v) is 7.10. The summed E-state index contributed by atoms with van der Waals surface area (Å²) in [5.41, 5.74) is 1.08. The van der Waals surface area contributed by atoms with E-state index in [1.807, 2.05) is 12.2 Å². The van der Waals surface area contributed by atoms with E-state index in [0.717, 1.165) is 18.8 Å². The van der Waals surface area contributed by atoms with Crippen molar-refractivity contribution in [3.05, 3.63) is 60.7 Å². The first-order valence-electron chi connectivity index (χ1n) is 12.3. The normalized spacial score (nSPS) is 27.7. The molecule has 3 atom stereocenters. The Morgan fingerprint density at radius 1 is 1.13 bits per heavy atom. The second-order valence-electron chi connectivity index (χ2n) is 10.6. The van der Waals surface area contributed by atoms with E-state index in [9.17, 15) is 0 Å². The summed E-state index contributed by atoms with van der Waals surface area (Å²) in [6, 6.07) is 0. The van der Waals surface area contributed by atoms with E-state index in [1.54, 1.807) is 5.57 Å². The van der Waals surface area contributed by atoms with Crippen molar-refractivity contribution in [3.63, 3.8) is 0 Å². The van der Waals surface area contributed by atoms with Crippen molar-refractivity contribution in [2.75, 3.05) is 0 Å². The second kappa shape index (κ2) is 11.5. The van der Waals surface area contributed by atoms with Crippen LogP contribution in [0.2, 0.25) is 0 Å². The summed E-state index contributed by atoms with van der Waals surface area (Å²) in [5.74, 6) is 4.75. The number of hydrogen-bond donors (Lipinski definition) is 0. The first kappa shape index (κ1) is 25.9.